The molecule has 0 N–H and O–H groups in total. The molecular formula is C27H26N4. The van der Waals surface area contributed by atoms with Crippen molar-refractivity contribution in [2.75, 3.05) is 29.9 Å². The van der Waals surface area contributed by atoms with Crippen LogP contribution < -0.4 is 9.80 Å². The minimum Gasteiger partial charge on any atom is -0.355 e. The number of benzene rings is 2. The number of hydrogen-bond donors (Lipinski definition) is 0. The van der Waals surface area contributed by atoms with Gasteiger partial charge >= 0.3 is 0 Å². The first kappa shape index (κ1) is 19.4. The number of piperidine rings is 1. The first-order valence-corrected chi connectivity index (χ1v) is 10.9. The van der Waals surface area contributed by atoms with Gasteiger partial charge in [0, 0.05) is 38.4 Å². The lowest BCUT2D eigenvalue weighted by Crippen LogP contribution is -2.34. The molecule has 0 radical (unpaired) electrons. The molecule has 4 nitrogen and oxygen atoms in total. The van der Waals surface area contributed by atoms with E-state index < -0.39 is 0 Å². The Morgan fingerprint density at radius 1 is 1.00 bits per heavy atom. The molecule has 0 saturated carbocycles. The van der Waals surface area contributed by atoms with Crippen LogP contribution in [0.3, 0.4) is 0 Å². The van der Waals surface area contributed by atoms with Crippen molar-refractivity contribution < 1.29 is 0 Å². The summed E-state index contributed by atoms with van der Waals surface area (Å²) in [6, 6.07) is 29.6. The van der Waals surface area contributed by atoms with E-state index in [-0.39, 0.29) is 0 Å². The zero-order chi connectivity index (χ0) is 21.0. The summed E-state index contributed by atoms with van der Waals surface area (Å²) in [5, 5.41) is 2.54. The Morgan fingerprint density at radius 2 is 1.84 bits per heavy atom. The summed E-state index contributed by atoms with van der Waals surface area (Å²) in [5.74, 6) is 2.32. The Bertz CT molecular complexity index is 1150. The molecule has 1 aliphatic heterocycles. The fraction of sp³-hybridized carbons (Fsp3) is 0.259. The summed E-state index contributed by atoms with van der Waals surface area (Å²) in [4.78, 5) is 13.9. The first-order valence-electron chi connectivity index (χ1n) is 10.9. The highest BCUT2D eigenvalue weighted by molar-refractivity contribution is 5.83. The van der Waals surface area contributed by atoms with Gasteiger partial charge in [-0.15, -0.1) is 0 Å². The quantitative estimate of drug-likeness (QED) is 0.453. The number of rotatable bonds is 5. The Kier molecular flexibility index (Phi) is 5.41. The molecule has 0 atom stereocenters. The van der Waals surface area contributed by atoms with Gasteiger partial charge in [0.2, 0.25) is 5.95 Å². The summed E-state index contributed by atoms with van der Waals surface area (Å²) >= 11 is 0. The lowest BCUT2D eigenvalue weighted by atomic mass is 9.90. The lowest BCUT2D eigenvalue weighted by molar-refractivity contribution is 0.499. The highest BCUT2D eigenvalue weighted by atomic mass is 15.3. The predicted molar refractivity (Wildman–Crippen MR) is 126 cm³/mol. The van der Waals surface area contributed by atoms with Crippen molar-refractivity contribution in [1.29, 1.82) is 0 Å². The van der Waals surface area contributed by atoms with Gasteiger partial charge in [-0.1, -0.05) is 54.6 Å². The van der Waals surface area contributed by atoms with Crippen LogP contribution in [0.25, 0.3) is 10.8 Å². The fourth-order valence-electron chi connectivity index (χ4n) is 4.39. The van der Waals surface area contributed by atoms with E-state index in [0.29, 0.717) is 5.92 Å². The third kappa shape index (κ3) is 4.32. The normalized spacial score (nSPS) is 14.4. The fourth-order valence-corrected chi connectivity index (χ4v) is 4.39. The standard InChI is InChI=1S/C27H26N4/c1-30(20-21-11-12-23-9-5-6-10-25(23)19-21)26-13-16-28-27(29-26)31-17-14-24(15-18-31)22-7-3-2-4-8-22/h2-3,5-7,9-13,16,19,24H,14-15,17-18,20H2,1H3. The minimum absolute atomic E-state index is 0.549. The highest BCUT2D eigenvalue weighted by Gasteiger charge is 2.22. The molecule has 1 aliphatic rings. The topological polar surface area (TPSA) is 32.3 Å². The first-order chi connectivity index (χ1) is 15.3. The van der Waals surface area contributed by atoms with E-state index >= 15 is 0 Å². The summed E-state index contributed by atoms with van der Waals surface area (Å²) in [7, 11) is 2.09. The summed E-state index contributed by atoms with van der Waals surface area (Å²) < 4.78 is 0. The number of hydrogen-bond acceptors (Lipinski definition) is 4. The molecule has 0 unspecified atom stereocenters. The third-order valence-electron chi connectivity index (χ3n) is 6.14. The van der Waals surface area contributed by atoms with Gasteiger partial charge in [0.1, 0.15) is 5.82 Å². The second-order valence-electron chi connectivity index (χ2n) is 8.26. The molecule has 2 heterocycles. The summed E-state index contributed by atoms with van der Waals surface area (Å²) in [5.41, 5.74) is 2.55. The SMILES string of the molecule is CN(Cc1ccc2ccccc2c1)c1ccnc(N2CCC(c3c#cccc3)CC2)n1. The molecule has 0 spiro atoms. The maximum absolute atomic E-state index is 4.88. The largest absolute Gasteiger partial charge is 0.355 e. The highest BCUT2D eigenvalue weighted by Crippen LogP contribution is 2.29. The van der Waals surface area contributed by atoms with E-state index in [1.165, 1.54) is 21.9 Å². The molecule has 1 aromatic heterocycles. The molecule has 0 bridgehead atoms. The second-order valence-corrected chi connectivity index (χ2v) is 8.26. The molecular weight excluding hydrogens is 380 g/mol. The third-order valence-corrected chi connectivity index (χ3v) is 6.14. The summed E-state index contributed by atoms with van der Waals surface area (Å²) in [6.07, 6.45) is 4.06. The second kappa shape index (κ2) is 8.65. The van der Waals surface area contributed by atoms with Crippen molar-refractivity contribution >= 4 is 22.5 Å². The van der Waals surface area contributed by atoms with Crippen LogP contribution in [0.4, 0.5) is 11.8 Å². The van der Waals surface area contributed by atoms with E-state index in [0.717, 1.165) is 44.2 Å². The number of anilines is 2. The minimum atomic E-state index is 0.549. The maximum Gasteiger partial charge on any atom is 0.227 e. The van der Waals surface area contributed by atoms with Gasteiger partial charge in [-0.05, 0) is 59.4 Å². The van der Waals surface area contributed by atoms with Crippen molar-refractivity contribution in [3.8, 4) is 0 Å². The van der Waals surface area contributed by atoms with Crippen molar-refractivity contribution in [2.24, 2.45) is 0 Å². The van der Waals surface area contributed by atoms with Gasteiger partial charge in [0.05, 0.1) is 0 Å². The van der Waals surface area contributed by atoms with Gasteiger partial charge in [-0.2, -0.15) is 4.98 Å². The van der Waals surface area contributed by atoms with Crippen LogP contribution in [0.2, 0.25) is 0 Å². The average Bonchev–Trinajstić information content (AvgIpc) is 2.85. The van der Waals surface area contributed by atoms with Gasteiger partial charge in [0.15, 0.2) is 0 Å². The molecule has 3 aromatic carbocycles. The lowest BCUT2D eigenvalue weighted by Gasteiger charge is -2.32. The van der Waals surface area contributed by atoms with Gasteiger partial charge in [0.25, 0.3) is 0 Å². The van der Waals surface area contributed by atoms with Crippen LogP contribution in [0.15, 0.2) is 72.9 Å². The van der Waals surface area contributed by atoms with Crippen LogP contribution in [0.5, 0.6) is 0 Å². The van der Waals surface area contributed by atoms with E-state index in [4.69, 9.17) is 4.98 Å². The molecule has 1 saturated heterocycles. The maximum atomic E-state index is 4.88. The van der Waals surface area contributed by atoms with E-state index in [1.807, 2.05) is 18.3 Å². The number of aromatic nitrogens is 2. The Labute approximate surface area is 184 Å². The predicted octanol–water partition coefficient (Wildman–Crippen LogP) is 5.25. The average molecular weight is 407 g/mol. The molecule has 0 amide bonds. The Morgan fingerprint density at radius 3 is 2.65 bits per heavy atom. The van der Waals surface area contributed by atoms with Crippen molar-refractivity contribution in [1.82, 2.24) is 9.97 Å². The monoisotopic (exact) mass is 406 g/mol. The van der Waals surface area contributed by atoms with Crippen LogP contribution in [0.1, 0.15) is 29.9 Å². The smallest absolute Gasteiger partial charge is 0.227 e. The van der Waals surface area contributed by atoms with Crippen molar-refractivity contribution in [3.63, 3.8) is 0 Å². The van der Waals surface area contributed by atoms with E-state index in [9.17, 15) is 0 Å². The number of nitrogens with zero attached hydrogens (tertiary/aromatic N) is 4. The number of fused-ring (bicyclic) bond motifs is 1. The van der Waals surface area contributed by atoms with E-state index in [1.54, 1.807) is 0 Å². The van der Waals surface area contributed by atoms with Gasteiger partial charge < -0.3 is 9.80 Å². The van der Waals surface area contributed by atoms with E-state index in [2.05, 4.69) is 88.6 Å². The molecule has 1 fully saturated rings. The van der Waals surface area contributed by atoms with Gasteiger partial charge in [-0.25, -0.2) is 4.98 Å². The van der Waals surface area contributed by atoms with Crippen LogP contribution in [0, 0.1) is 12.1 Å². The Hall–Kier alpha value is -3.58. The van der Waals surface area contributed by atoms with Crippen LogP contribution in [-0.4, -0.2) is 30.1 Å². The van der Waals surface area contributed by atoms with Crippen molar-refractivity contribution in [3.05, 3.63) is 96.2 Å². The zero-order valence-corrected chi connectivity index (χ0v) is 17.8. The Balaban J connectivity index is 1.26. The van der Waals surface area contributed by atoms with Crippen LogP contribution in [-0.2, 0) is 6.54 Å². The molecule has 4 aromatic rings. The zero-order valence-electron chi connectivity index (χ0n) is 17.8. The molecule has 4 heteroatoms. The molecule has 0 aliphatic carbocycles. The van der Waals surface area contributed by atoms with Crippen molar-refractivity contribution in [2.45, 2.75) is 25.3 Å². The molecule has 31 heavy (non-hydrogen) atoms. The van der Waals surface area contributed by atoms with Crippen LogP contribution >= 0.6 is 0 Å². The van der Waals surface area contributed by atoms with Gasteiger partial charge in [-0.3, -0.25) is 0 Å². The summed E-state index contributed by atoms with van der Waals surface area (Å²) in [6.45, 7) is 2.74. The molecule has 5 rings (SSSR count). The molecule has 154 valence electrons.